The molecule has 29 heavy (non-hydrogen) atoms. The third-order valence-corrected chi connectivity index (χ3v) is 4.71. The van der Waals surface area contributed by atoms with Crippen molar-refractivity contribution in [3.63, 3.8) is 0 Å². The number of nitro groups is 1. The molecule has 8 nitrogen and oxygen atoms in total. The lowest BCUT2D eigenvalue weighted by atomic mass is 10.1. The maximum absolute atomic E-state index is 12.2. The molecule has 9 heteroatoms. The first-order valence-corrected chi connectivity index (χ1v) is 9.26. The Morgan fingerprint density at radius 3 is 2.55 bits per heavy atom. The molecule has 0 saturated heterocycles. The lowest BCUT2D eigenvalue weighted by Gasteiger charge is -2.05. The number of rotatable bonds is 6. The Bertz CT molecular complexity index is 1080. The number of ether oxygens (including phenoxy) is 1. The van der Waals surface area contributed by atoms with E-state index in [0.717, 1.165) is 0 Å². The van der Waals surface area contributed by atoms with Crippen LogP contribution in [0.1, 0.15) is 31.2 Å². The summed E-state index contributed by atoms with van der Waals surface area (Å²) in [5.41, 5.74) is 3.66. The molecule has 0 atom stereocenters. The number of benzene rings is 2. The highest BCUT2D eigenvalue weighted by Gasteiger charge is 2.15. The molecule has 0 aliphatic rings. The van der Waals surface area contributed by atoms with Crippen molar-refractivity contribution in [1.29, 1.82) is 0 Å². The number of hydrogen-bond donors (Lipinski definition) is 1. The molecule has 0 bridgehead atoms. The Balaban J connectivity index is 1.59. The van der Waals surface area contributed by atoms with Gasteiger partial charge in [0.05, 0.1) is 21.6 Å². The van der Waals surface area contributed by atoms with Crippen LogP contribution in [0.5, 0.6) is 5.75 Å². The highest BCUT2D eigenvalue weighted by Crippen LogP contribution is 2.20. The van der Waals surface area contributed by atoms with Gasteiger partial charge in [-0.3, -0.25) is 14.9 Å². The number of nitro benzene ring substituents is 1. The van der Waals surface area contributed by atoms with Crippen molar-refractivity contribution < 1.29 is 19.2 Å². The van der Waals surface area contributed by atoms with Crippen molar-refractivity contribution in [2.75, 3.05) is 0 Å². The molecular weight excluding hydrogens is 394 g/mol. The van der Waals surface area contributed by atoms with Crippen molar-refractivity contribution in [3.05, 3.63) is 91.7 Å². The average molecular weight is 409 g/mol. The van der Waals surface area contributed by atoms with Crippen LogP contribution in [0.4, 0.5) is 5.69 Å². The second-order valence-electron chi connectivity index (χ2n) is 5.89. The number of aryl methyl sites for hydroxylation is 1. The maximum Gasteiger partial charge on any atom is 0.343 e. The monoisotopic (exact) mass is 409 g/mol. The normalized spacial score (nSPS) is 10.7. The fourth-order valence-electron chi connectivity index (χ4n) is 2.40. The molecule has 0 radical (unpaired) electrons. The Hall–Kier alpha value is -3.85. The number of carbonyl (C=O) groups is 2. The fraction of sp³-hybridized carbons (Fsp3) is 0.0500. The van der Waals surface area contributed by atoms with Crippen LogP contribution in [0.15, 0.2) is 65.1 Å². The number of carbonyl (C=O) groups excluding carboxylic acids is 2. The zero-order valence-electron chi connectivity index (χ0n) is 15.2. The van der Waals surface area contributed by atoms with Crippen molar-refractivity contribution >= 4 is 35.1 Å². The largest absolute Gasteiger partial charge is 0.423 e. The predicted octanol–water partition coefficient (Wildman–Crippen LogP) is 3.95. The third kappa shape index (κ3) is 5.11. The summed E-state index contributed by atoms with van der Waals surface area (Å²) in [5, 5.41) is 16.5. The molecule has 146 valence electrons. The van der Waals surface area contributed by atoms with Crippen molar-refractivity contribution in [1.82, 2.24) is 5.43 Å². The number of amides is 1. The Morgan fingerprint density at radius 2 is 1.93 bits per heavy atom. The van der Waals surface area contributed by atoms with E-state index in [1.54, 1.807) is 48.7 Å². The molecule has 2 aromatic carbocycles. The summed E-state index contributed by atoms with van der Waals surface area (Å²) in [5.74, 6) is -0.599. The summed E-state index contributed by atoms with van der Waals surface area (Å²) in [7, 11) is 0. The minimum atomic E-state index is -0.618. The van der Waals surface area contributed by atoms with Gasteiger partial charge in [-0.15, -0.1) is 11.3 Å². The quantitative estimate of drug-likeness (QED) is 0.218. The van der Waals surface area contributed by atoms with Gasteiger partial charge in [-0.1, -0.05) is 6.07 Å². The fourth-order valence-corrected chi connectivity index (χ4v) is 3.02. The van der Waals surface area contributed by atoms with Crippen LogP contribution < -0.4 is 10.2 Å². The third-order valence-electron chi connectivity index (χ3n) is 3.84. The van der Waals surface area contributed by atoms with Gasteiger partial charge in [-0.25, -0.2) is 10.2 Å². The van der Waals surface area contributed by atoms with Crippen LogP contribution in [-0.2, 0) is 0 Å². The van der Waals surface area contributed by atoms with Gasteiger partial charge in [0.1, 0.15) is 5.75 Å². The molecule has 1 amide bonds. The molecule has 0 fully saturated rings. The van der Waals surface area contributed by atoms with Crippen LogP contribution in [-0.4, -0.2) is 23.0 Å². The standard InChI is InChI=1S/C20H15N3O5S/c1-13-11-15(6-9-17(13)23(26)27)20(25)28-16-7-4-14(5-8-16)12-21-22-19(24)18-3-2-10-29-18/h2-12H,1H3,(H,22,24)/b21-12+. The van der Waals surface area contributed by atoms with E-state index in [9.17, 15) is 19.7 Å². The second kappa shape index (κ2) is 8.89. The lowest BCUT2D eigenvalue weighted by molar-refractivity contribution is -0.385. The first-order valence-electron chi connectivity index (χ1n) is 8.38. The van der Waals surface area contributed by atoms with Crippen molar-refractivity contribution in [3.8, 4) is 5.75 Å². The van der Waals surface area contributed by atoms with Crippen LogP contribution in [0.2, 0.25) is 0 Å². The van der Waals surface area contributed by atoms with Gasteiger partial charge in [0.2, 0.25) is 0 Å². The molecule has 0 saturated carbocycles. The summed E-state index contributed by atoms with van der Waals surface area (Å²) in [6, 6.07) is 14.0. The molecular formula is C20H15N3O5S. The SMILES string of the molecule is Cc1cc(C(=O)Oc2ccc(/C=N/NC(=O)c3cccs3)cc2)ccc1[N+](=O)[O-]. The summed E-state index contributed by atoms with van der Waals surface area (Å²) in [6.07, 6.45) is 1.47. The van der Waals surface area contributed by atoms with E-state index < -0.39 is 10.9 Å². The number of esters is 1. The van der Waals surface area contributed by atoms with Crippen molar-refractivity contribution in [2.45, 2.75) is 6.92 Å². The van der Waals surface area contributed by atoms with E-state index in [-0.39, 0.29) is 17.2 Å². The van der Waals surface area contributed by atoms with Gasteiger partial charge in [-0.05, 0) is 60.3 Å². The number of nitrogens with zero attached hydrogens (tertiary/aromatic N) is 2. The van der Waals surface area contributed by atoms with Crippen LogP contribution in [0.25, 0.3) is 0 Å². The van der Waals surface area contributed by atoms with Gasteiger partial charge >= 0.3 is 5.97 Å². The smallest absolute Gasteiger partial charge is 0.343 e. The van der Waals surface area contributed by atoms with E-state index in [2.05, 4.69) is 10.5 Å². The highest BCUT2D eigenvalue weighted by atomic mass is 32.1. The summed E-state index contributed by atoms with van der Waals surface area (Å²) < 4.78 is 5.28. The maximum atomic E-state index is 12.2. The minimum Gasteiger partial charge on any atom is -0.423 e. The average Bonchev–Trinajstić information content (AvgIpc) is 3.24. The number of nitrogens with one attached hydrogen (secondary N) is 1. The minimum absolute atomic E-state index is 0.0589. The zero-order valence-corrected chi connectivity index (χ0v) is 16.0. The van der Waals surface area contributed by atoms with Gasteiger partial charge < -0.3 is 4.74 Å². The molecule has 0 unspecified atom stereocenters. The second-order valence-corrected chi connectivity index (χ2v) is 6.84. The zero-order chi connectivity index (χ0) is 20.8. The van der Waals surface area contributed by atoms with E-state index in [1.807, 2.05) is 0 Å². The lowest BCUT2D eigenvalue weighted by Crippen LogP contribution is -2.16. The molecule has 1 N–H and O–H groups in total. The predicted molar refractivity (Wildman–Crippen MR) is 109 cm³/mol. The molecule has 0 aliphatic carbocycles. The molecule has 1 heterocycles. The first kappa shape index (κ1) is 19.9. The van der Waals surface area contributed by atoms with E-state index >= 15 is 0 Å². The number of hydrogen-bond acceptors (Lipinski definition) is 7. The summed E-state index contributed by atoms with van der Waals surface area (Å²) in [6.45, 7) is 1.56. The Labute approximate surface area is 169 Å². The van der Waals surface area contributed by atoms with E-state index in [0.29, 0.717) is 21.8 Å². The molecule has 0 aliphatic heterocycles. The molecule has 3 aromatic rings. The molecule has 0 spiro atoms. The summed E-state index contributed by atoms with van der Waals surface area (Å²) in [4.78, 5) is 34.9. The number of hydrazone groups is 1. The summed E-state index contributed by atoms with van der Waals surface area (Å²) >= 11 is 1.32. The van der Waals surface area contributed by atoms with Gasteiger partial charge in [0.25, 0.3) is 11.6 Å². The van der Waals surface area contributed by atoms with E-state index in [4.69, 9.17) is 4.74 Å². The Morgan fingerprint density at radius 1 is 1.17 bits per heavy atom. The van der Waals surface area contributed by atoms with Crippen molar-refractivity contribution in [2.24, 2.45) is 5.10 Å². The van der Waals surface area contributed by atoms with Gasteiger partial charge in [-0.2, -0.15) is 5.10 Å². The Kier molecular flexibility index (Phi) is 6.10. The molecule has 3 rings (SSSR count). The first-order chi connectivity index (χ1) is 13.9. The van der Waals surface area contributed by atoms with E-state index in [1.165, 1.54) is 35.8 Å². The highest BCUT2D eigenvalue weighted by molar-refractivity contribution is 7.12. The topological polar surface area (TPSA) is 111 Å². The van der Waals surface area contributed by atoms with Crippen LogP contribution in [0, 0.1) is 17.0 Å². The molecule has 1 aromatic heterocycles. The number of thiophene rings is 1. The van der Waals surface area contributed by atoms with Crippen LogP contribution in [0.3, 0.4) is 0 Å². The van der Waals surface area contributed by atoms with Gasteiger partial charge in [0, 0.05) is 11.6 Å². The van der Waals surface area contributed by atoms with Crippen LogP contribution >= 0.6 is 11.3 Å². The van der Waals surface area contributed by atoms with Gasteiger partial charge in [0.15, 0.2) is 0 Å².